The van der Waals surface area contributed by atoms with Gasteiger partial charge in [-0.25, -0.2) is 4.98 Å². The van der Waals surface area contributed by atoms with Crippen LogP contribution in [-0.4, -0.2) is 11.6 Å². The van der Waals surface area contributed by atoms with Gasteiger partial charge in [-0.1, -0.05) is 24.3 Å². The Bertz CT molecular complexity index is 695. The Labute approximate surface area is 122 Å². The normalized spacial score (nSPS) is 10.8. The zero-order valence-corrected chi connectivity index (χ0v) is 11.9. The van der Waals surface area contributed by atoms with E-state index >= 15 is 0 Å². The number of hydrogen-bond donors (Lipinski definition) is 1. The number of hydrogen-bond acceptors (Lipinski definition) is 4. The zero-order valence-electron chi connectivity index (χ0n) is 11.1. The van der Waals surface area contributed by atoms with Gasteiger partial charge in [0.2, 0.25) is 5.88 Å². The Hall–Kier alpha value is -1.91. The van der Waals surface area contributed by atoms with Crippen LogP contribution in [0.1, 0.15) is 10.4 Å². The number of para-hydroxylation sites is 1. The standard InChI is InChI=1S/C16H16N2OS/c17-11-13-10-12-4-1-2-6-15(12)18-16(13)19-8-7-14-5-3-9-20-14/h1-6,9-10H,7-8,11,17H2. The van der Waals surface area contributed by atoms with Crippen LogP contribution in [0.5, 0.6) is 5.88 Å². The van der Waals surface area contributed by atoms with Gasteiger partial charge in [0.25, 0.3) is 0 Å². The summed E-state index contributed by atoms with van der Waals surface area (Å²) >= 11 is 1.75. The quantitative estimate of drug-likeness (QED) is 0.781. The minimum atomic E-state index is 0.437. The second-order valence-electron chi connectivity index (χ2n) is 4.53. The van der Waals surface area contributed by atoms with Gasteiger partial charge in [0, 0.05) is 28.8 Å². The van der Waals surface area contributed by atoms with Crippen molar-refractivity contribution in [2.24, 2.45) is 5.73 Å². The van der Waals surface area contributed by atoms with Crippen molar-refractivity contribution in [1.29, 1.82) is 0 Å². The average molecular weight is 284 g/mol. The molecule has 3 rings (SSSR count). The van der Waals surface area contributed by atoms with Crippen molar-refractivity contribution in [3.8, 4) is 5.88 Å². The van der Waals surface area contributed by atoms with Crippen LogP contribution in [-0.2, 0) is 13.0 Å². The first-order valence-electron chi connectivity index (χ1n) is 6.61. The maximum absolute atomic E-state index is 5.83. The third-order valence-electron chi connectivity index (χ3n) is 3.15. The molecule has 102 valence electrons. The van der Waals surface area contributed by atoms with E-state index in [9.17, 15) is 0 Å². The highest BCUT2D eigenvalue weighted by Crippen LogP contribution is 2.22. The van der Waals surface area contributed by atoms with Gasteiger partial charge < -0.3 is 10.5 Å². The predicted octanol–water partition coefficient (Wildman–Crippen LogP) is 3.38. The first kappa shape index (κ1) is 13.1. The third-order valence-corrected chi connectivity index (χ3v) is 4.09. The fraction of sp³-hybridized carbons (Fsp3) is 0.188. The molecule has 3 aromatic rings. The molecule has 3 nitrogen and oxygen atoms in total. The van der Waals surface area contributed by atoms with Gasteiger partial charge in [-0.3, -0.25) is 0 Å². The van der Waals surface area contributed by atoms with Gasteiger partial charge in [-0.2, -0.15) is 0 Å². The molecule has 1 aromatic carbocycles. The Balaban J connectivity index is 1.78. The topological polar surface area (TPSA) is 48.1 Å². The first-order chi connectivity index (χ1) is 9.86. The Morgan fingerprint density at radius 1 is 1.15 bits per heavy atom. The van der Waals surface area contributed by atoms with Crippen LogP contribution < -0.4 is 10.5 Å². The fourth-order valence-electron chi connectivity index (χ4n) is 2.12. The first-order valence-corrected chi connectivity index (χ1v) is 7.48. The van der Waals surface area contributed by atoms with Gasteiger partial charge in [0.15, 0.2) is 0 Å². The molecule has 2 N–H and O–H groups in total. The summed E-state index contributed by atoms with van der Waals surface area (Å²) < 4.78 is 5.83. The van der Waals surface area contributed by atoms with Crippen molar-refractivity contribution in [2.45, 2.75) is 13.0 Å². The molecule has 0 bridgehead atoms. The maximum atomic E-state index is 5.83. The summed E-state index contributed by atoms with van der Waals surface area (Å²) in [6.45, 7) is 1.06. The van der Waals surface area contributed by atoms with Crippen molar-refractivity contribution in [3.63, 3.8) is 0 Å². The summed E-state index contributed by atoms with van der Waals surface area (Å²) in [6.07, 6.45) is 0.899. The lowest BCUT2D eigenvalue weighted by Crippen LogP contribution is -2.07. The van der Waals surface area contributed by atoms with Crippen molar-refractivity contribution in [2.75, 3.05) is 6.61 Å². The molecular formula is C16H16N2OS. The molecule has 0 radical (unpaired) electrons. The number of rotatable bonds is 5. The molecule has 2 heterocycles. The lowest BCUT2D eigenvalue weighted by Gasteiger charge is -2.10. The van der Waals surface area contributed by atoms with Gasteiger partial charge in [-0.05, 0) is 23.6 Å². The van der Waals surface area contributed by atoms with E-state index < -0.39 is 0 Å². The molecule has 0 atom stereocenters. The second kappa shape index (κ2) is 6.03. The smallest absolute Gasteiger partial charge is 0.218 e. The van der Waals surface area contributed by atoms with Crippen molar-refractivity contribution >= 4 is 22.2 Å². The second-order valence-corrected chi connectivity index (χ2v) is 5.56. The molecule has 0 aliphatic heterocycles. The van der Waals surface area contributed by atoms with Crippen LogP contribution in [0.3, 0.4) is 0 Å². The number of thiophene rings is 1. The van der Waals surface area contributed by atoms with Crippen molar-refractivity contribution in [1.82, 2.24) is 4.98 Å². The summed E-state index contributed by atoms with van der Waals surface area (Å²) in [6, 6.07) is 14.2. The molecule has 20 heavy (non-hydrogen) atoms. The molecule has 0 amide bonds. The largest absolute Gasteiger partial charge is 0.477 e. The number of ether oxygens (including phenoxy) is 1. The summed E-state index contributed by atoms with van der Waals surface area (Å²) in [5.41, 5.74) is 7.68. The van der Waals surface area contributed by atoms with Crippen LogP contribution in [0.25, 0.3) is 10.9 Å². The summed E-state index contributed by atoms with van der Waals surface area (Å²) in [4.78, 5) is 5.89. The lowest BCUT2D eigenvalue weighted by molar-refractivity contribution is 0.308. The summed E-state index contributed by atoms with van der Waals surface area (Å²) in [5, 5.41) is 3.17. The molecule has 0 unspecified atom stereocenters. The SMILES string of the molecule is NCc1cc2ccccc2nc1OCCc1cccs1. The van der Waals surface area contributed by atoms with Gasteiger partial charge in [-0.15, -0.1) is 11.3 Å². The van der Waals surface area contributed by atoms with Crippen LogP contribution in [0.4, 0.5) is 0 Å². The highest BCUT2D eigenvalue weighted by molar-refractivity contribution is 7.09. The van der Waals surface area contributed by atoms with Crippen molar-refractivity contribution in [3.05, 3.63) is 58.3 Å². The van der Waals surface area contributed by atoms with Crippen LogP contribution in [0, 0.1) is 0 Å². The molecule has 4 heteroatoms. The number of nitrogens with two attached hydrogens (primary N) is 1. The van der Waals surface area contributed by atoms with Crippen LogP contribution in [0.15, 0.2) is 47.8 Å². The number of aromatic nitrogens is 1. The number of fused-ring (bicyclic) bond motifs is 1. The fourth-order valence-corrected chi connectivity index (χ4v) is 2.81. The molecule has 0 fully saturated rings. The Morgan fingerprint density at radius 3 is 2.85 bits per heavy atom. The molecular weight excluding hydrogens is 268 g/mol. The van der Waals surface area contributed by atoms with E-state index in [-0.39, 0.29) is 0 Å². The lowest BCUT2D eigenvalue weighted by atomic mass is 10.1. The van der Waals surface area contributed by atoms with E-state index in [4.69, 9.17) is 10.5 Å². The van der Waals surface area contributed by atoms with E-state index in [0.717, 1.165) is 22.9 Å². The number of pyridine rings is 1. The summed E-state index contributed by atoms with van der Waals surface area (Å²) in [7, 11) is 0. The number of benzene rings is 1. The monoisotopic (exact) mass is 284 g/mol. The molecule has 0 spiro atoms. The number of nitrogens with zero attached hydrogens (tertiary/aromatic N) is 1. The molecule has 0 saturated heterocycles. The van der Waals surface area contributed by atoms with E-state index in [0.29, 0.717) is 19.0 Å². The molecule has 0 aliphatic carbocycles. The van der Waals surface area contributed by atoms with Gasteiger partial charge in [0.1, 0.15) is 0 Å². The highest BCUT2D eigenvalue weighted by Gasteiger charge is 2.07. The van der Waals surface area contributed by atoms with E-state index in [1.54, 1.807) is 11.3 Å². The van der Waals surface area contributed by atoms with Crippen molar-refractivity contribution < 1.29 is 4.74 Å². The Morgan fingerprint density at radius 2 is 2.05 bits per heavy atom. The van der Waals surface area contributed by atoms with Crippen LogP contribution in [0.2, 0.25) is 0 Å². The predicted molar refractivity (Wildman–Crippen MR) is 83.2 cm³/mol. The van der Waals surface area contributed by atoms with E-state index in [2.05, 4.69) is 28.6 Å². The average Bonchev–Trinajstić information content (AvgIpc) is 3.00. The van der Waals surface area contributed by atoms with Crippen LogP contribution >= 0.6 is 11.3 Å². The molecule has 0 aliphatic rings. The minimum absolute atomic E-state index is 0.437. The van der Waals surface area contributed by atoms with Gasteiger partial charge >= 0.3 is 0 Å². The Kier molecular flexibility index (Phi) is 3.95. The van der Waals surface area contributed by atoms with Gasteiger partial charge in [0.05, 0.1) is 12.1 Å². The molecule has 2 aromatic heterocycles. The molecule has 0 saturated carbocycles. The van der Waals surface area contributed by atoms with E-state index in [1.807, 2.05) is 24.3 Å². The zero-order chi connectivity index (χ0) is 13.8. The third kappa shape index (κ3) is 2.81. The summed E-state index contributed by atoms with van der Waals surface area (Å²) in [5.74, 6) is 0.655. The van der Waals surface area contributed by atoms with E-state index in [1.165, 1.54) is 4.88 Å². The maximum Gasteiger partial charge on any atom is 0.218 e. The highest BCUT2D eigenvalue weighted by atomic mass is 32.1. The minimum Gasteiger partial charge on any atom is -0.477 e.